The lowest BCUT2D eigenvalue weighted by Crippen LogP contribution is -2.54. The summed E-state index contributed by atoms with van der Waals surface area (Å²) in [7, 11) is 1.71. The normalized spacial score (nSPS) is 32.3. The van der Waals surface area contributed by atoms with Crippen molar-refractivity contribution in [1.82, 2.24) is 0 Å². The van der Waals surface area contributed by atoms with Crippen molar-refractivity contribution in [3.63, 3.8) is 0 Å². The van der Waals surface area contributed by atoms with Crippen LogP contribution < -0.4 is 4.90 Å². The van der Waals surface area contributed by atoms with Crippen LogP contribution in [0.2, 0.25) is 0 Å². The molecule has 0 unspecified atom stereocenters. The maximum Gasteiger partial charge on any atom is 0.194 e. The van der Waals surface area contributed by atoms with Crippen LogP contribution in [-0.4, -0.2) is 23.0 Å². The number of para-hydroxylation sites is 1. The number of hydrogen-bond acceptors (Lipinski definition) is 3. The Hall–Kier alpha value is -1.58. The summed E-state index contributed by atoms with van der Waals surface area (Å²) in [4.78, 5) is 1.59. The van der Waals surface area contributed by atoms with Gasteiger partial charge >= 0.3 is 0 Å². The topological polar surface area (TPSA) is 43.7 Å². The molecule has 1 aliphatic heterocycles. The number of aliphatic hydroxyl groups is 2. The van der Waals surface area contributed by atoms with Crippen LogP contribution in [0.3, 0.4) is 0 Å². The highest BCUT2D eigenvalue weighted by atomic mass is 16.4. The second-order valence-electron chi connectivity index (χ2n) is 3.98. The average Bonchev–Trinajstić information content (AvgIpc) is 2.51. The molecule has 1 aromatic rings. The van der Waals surface area contributed by atoms with E-state index in [-0.39, 0.29) is 0 Å². The molecule has 0 spiro atoms. The van der Waals surface area contributed by atoms with Crippen LogP contribution in [0.1, 0.15) is 5.56 Å². The quantitative estimate of drug-likeness (QED) is 0.736. The van der Waals surface area contributed by atoms with Gasteiger partial charge in [-0.2, -0.15) is 0 Å². The van der Waals surface area contributed by atoms with Gasteiger partial charge in [-0.1, -0.05) is 37.4 Å². The predicted molar refractivity (Wildman–Crippen MR) is 64.1 cm³/mol. The maximum absolute atomic E-state index is 10.6. The number of hydrogen-bond donors (Lipinski definition) is 2. The summed E-state index contributed by atoms with van der Waals surface area (Å²) in [5, 5.41) is 21.1. The van der Waals surface area contributed by atoms with Gasteiger partial charge < -0.3 is 15.1 Å². The van der Waals surface area contributed by atoms with Crippen molar-refractivity contribution < 1.29 is 10.2 Å². The summed E-state index contributed by atoms with van der Waals surface area (Å²) in [5.41, 5.74) is -1.68. The molecule has 2 N–H and O–H groups in total. The molecule has 0 aromatic heterocycles. The van der Waals surface area contributed by atoms with Crippen LogP contribution in [0.25, 0.3) is 0 Å². The molecular weight excluding hydrogens is 202 g/mol. The van der Waals surface area contributed by atoms with Crippen molar-refractivity contribution in [2.24, 2.45) is 0 Å². The molecule has 0 saturated heterocycles. The van der Waals surface area contributed by atoms with Gasteiger partial charge in [0.15, 0.2) is 11.3 Å². The van der Waals surface area contributed by atoms with E-state index in [1.807, 2.05) is 18.2 Å². The van der Waals surface area contributed by atoms with E-state index in [2.05, 4.69) is 13.2 Å². The highest BCUT2D eigenvalue weighted by molar-refractivity contribution is 5.67. The van der Waals surface area contributed by atoms with Crippen LogP contribution in [0.5, 0.6) is 0 Å². The molecule has 2 rings (SSSR count). The molecule has 3 nitrogen and oxygen atoms in total. The first-order chi connectivity index (χ1) is 7.51. The van der Waals surface area contributed by atoms with Gasteiger partial charge in [0.05, 0.1) is 0 Å². The van der Waals surface area contributed by atoms with Crippen LogP contribution in [0, 0.1) is 0 Å². The molecule has 84 valence electrons. The van der Waals surface area contributed by atoms with Gasteiger partial charge in [0.1, 0.15) is 0 Å². The van der Waals surface area contributed by atoms with Crippen molar-refractivity contribution in [3.8, 4) is 0 Å². The molecule has 0 bridgehead atoms. The first kappa shape index (κ1) is 10.9. The Bertz CT molecular complexity index is 457. The fourth-order valence-electron chi connectivity index (χ4n) is 2.28. The van der Waals surface area contributed by atoms with Crippen LogP contribution in [0.15, 0.2) is 49.6 Å². The van der Waals surface area contributed by atoms with Crippen LogP contribution in [0.4, 0.5) is 5.69 Å². The Balaban J connectivity index is 2.76. The Labute approximate surface area is 94.9 Å². The van der Waals surface area contributed by atoms with E-state index < -0.39 is 11.3 Å². The molecule has 0 amide bonds. The van der Waals surface area contributed by atoms with Crippen molar-refractivity contribution in [3.05, 3.63) is 55.1 Å². The maximum atomic E-state index is 10.6. The van der Waals surface area contributed by atoms with Crippen molar-refractivity contribution >= 4 is 5.69 Å². The van der Waals surface area contributed by atoms with Gasteiger partial charge in [-0.25, -0.2) is 0 Å². The summed E-state index contributed by atoms with van der Waals surface area (Å²) < 4.78 is 0. The minimum Gasteiger partial charge on any atom is -0.375 e. The third-order valence-electron chi connectivity index (χ3n) is 3.33. The third kappa shape index (κ3) is 0.991. The SMILES string of the molecule is C=C[C@@]1(O)c2ccccc2N(C)[C@@]1(O)C=C. The highest BCUT2D eigenvalue weighted by Crippen LogP contribution is 2.49. The van der Waals surface area contributed by atoms with Crippen molar-refractivity contribution in [1.29, 1.82) is 0 Å². The zero-order valence-corrected chi connectivity index (χ0v) is 9.22. The Kier molecular flexibility index (Phi) is 2.19. The van der Waals surface area contributed by atoms with Crippen LogP contribution in [-0.2, 0) is 5.60 Å². The molecule has 16 heavy (non-hydrogen) atoms. The molecule has 1 aliphatic rings. The summed E-state index contributed by atoms with van der Waals surface area (Å²) in [6.07, 6.45) is 2.67. The number of nitrogens with zero attached hydrogens (tertiary/aromatic N) is 1. The van der Waals surface area contributed by atoms with Gasteiger partial charge in [-0.3, -0.25) is 0 Å². The van der Waals surface area contributed by atoms with Crippen molar-refractivity contribution in [2.75, 3.05) is 11.9 Å². The number of anilines is 1. The molecule has 2 atom stereocenters. The molecule has 3 heteroatoms. The van der Waals surface area contributed by atoms with Gasteiger partial charge in [0.2, 0.25) is 0 Å². The minimum atomic E-state index is -1.56. The molecule has 1 aromatic carbocycles. The second kappa shape index (κ2) is 3.20. The Morgan fingerprint density at radius 3 is 2.38 bits per heavy atom. The largest absolute Gasteiger partial charge is 0.375 e. The first-order valence-corrected chi connectivity index (χ1v) is 5.06. The summed E-state index contributed by atoms with van der Waals surface area (Å²) in [6.45, 7) is 7.20. The van der Waals surface area contributed by atoms with Gasteiger partial charge in [0, 0.05) is 18.3 Å². The van der Waals surface area contributed by atoms with Gasteiger partial charge in [-0.15, -0.1) is 0 Å². The fraction of sp³-hybridized carbons (Fsp3) is 0.231. The number of likely N-dealkylation sites (N-methyl/N-ethyl adjacent to an activating group) is 1. The average molecular weight is 217 g/mol. The summed E-state index contributed by atoms with van der Waals surface area (Å²) in [5.74, 6) is 0. The highest BCUT2D eigenvalue weighted by Gasteiger charge is 2.56. The van der Waals surface area contributed by atoms with E-state index in [9.17, 15) is 10.2 Å². The summed E-state index contributed by atoms with van der Waals surface area (Å²) >= 11 is 0. The number of benzene rings is 1. The van der Waals surface area contributed by atoms with Gasteiger partial charge in [-0.05, 0) is 12.1 Å². The standard InChI is InChI=1S/C13H15NO2/c1-4-12(15)10-8-6-7-9-11(10)14(3)13(12,16)5-2/h4-9,15-16H,1-2H2,3H3/t12-,13-/m1/s1. The minimum absolute atomic E-state index is 0.634. The molecule has 0 aliphatic carbocycles. The fourth-order valence-corrected chi connectivity index (χ4v) is 2.28. The zero-order chi connectivity index (χ0) is 12.0. The van der Waals surface area contributed by atoms with E-state index in [0.717, 1.165) is 5.69 Å². The number of fused-ring (bicyclic) bond motifs is 1. The van der Waals surface area contributed by atoms with E-state index >= 15 is 0 Å². The monoisotopic (exact) mass is 217 g/mol. The second-order valence-corrected chi connectivity index (χ2v) is 3.98. The van der Waals surface area contributed by atoms with Crippen molar-refractivity contribution in [2.45, 2.75) is 11.3 Å². The molecular formula is C13H15NO2. The van der Waals surface area contributed by atoms with E-state index in [1.54, 1.807) is 18.0 Å². The van der Waals surface area contributed by atoms with E-state index in [1.165, 1.54) is 12.2 Å². The lowest BCUT2D eigenvalue weighted by atomic mass is 9.86. The lowest BCUT2D eigenvalue weighted by Gasteiger charge is -2.38. The summed E-state index contributed by atoms with van der Waals surface area (Å²) in [6, 6.07) is 7.28. The zero-order valence-electron chi connectivity index (χ0n) is 9.22. The predicted octanol–water partition coefficient (Wildman–Crippen LogP) is 1.38. The van der Waals surface area contributed by atoms with E-state index in [4.69, 9.17) is 0 Å². The first-order valence-electron chi connectivity index (χ1n) is 5.06. The third-order valence-corrected chi connectivity index (χ3v) is 3.33. The smallest absolute Gasteiger partial charge is 0.194 e. The molecule has 0 radical (unpaired) electrons. The number of rotatable bonds is 2. The van der Waals surface area contributed by atoms with Crippen LogP contribution >= 0.6 is 0 Å². The van der Waals surface area contributed by atoms with E-state index in [0.29, 0.717) is 5.56 Å². The van der Waals surface area contributed by atoms with Gasteiger partial charge in [0.25, 0.3) is 0 Å². The molecule has 0 fully saturated rings. The molecule has 0 saturated carbocycles. The Morgan fingerprint density at radius 2 is 1.81 bits per heavy atom. The Morgan fingerprint density at radius 1 is 1.19 bits per heavy atom. The lowest BCUT2D eigenvalue weighted by molar-refractivity contribution is -0.0833. The molecule has 1 heterocycles.